The van der Waals surface area contributed by atoms with Crippen LogP contribution >= 0.6 is 0 Å². The Hall–Kier alpha value is -2.70. The fourth-order valence-corrected chi connectivity index (χ4v) is 4.99. The summed E-state index contributed by atoms with van der Waals surface area (Å²) in [7, 11) is 1.56. The van der Waals surface area contributed by atoms with Crippen LogP contribution in [0.15, 0.2) is 30.9 Å². The number of amides is 2. The lowest BCUT2D eigenvalue weighted by atomic mass is 9.81. The normalized spacial score (nSPS) is 30.2. The van der Waals surface area contributed by atoms with Gasteiger partial charge in [-0.1, -0.05) is 0 Å². The summed E-state index contributed by atoms with van der Waals surface area (Å²) in [5.41, 5.74) is 1.28. The monoisotopic (exact) mass is 338 g/mol. The maximum Gasteiger partial charge on any atom is 0.237 e. The van der Waals surface area contributed by atoms with Crippen LogP contribution in [0, 0.1) is 23.7 Å². The highest BCUT2D eigenvalue weighted by atomic mass is 16.5. The van der Waals surface area contributed by atoms with E-state index in [4.69, 9.17) is 4.74 Å². The van der Waals surface area contributed by atoms with Crippen molar-refractivity contribution in [3.05, 3.63) is 30.9 Å². The third-order valence-electron chi connectivity index (χ3n) is 6.01. The number of carbonyl (C=O) groups excluding carboxylic acids is 2. The Kier molecular flexibility index (Phi) is 3.01. The van der Waals surface area contributed by atoms with Crippen molar-refractivity contribution in [2.24, 2.45) is 23.7 Å². The quantitative estimate of drug-likeness (QED) is 0.798. The second kappa shape index (κ2) is 5.15. The molecule has 1 saturated heterocycles. The van der Waals surface area contributed by atoms with E-state index in [1.807, 2.05) is 0 Å². The van der Waals surface area contributed by atoms with Crippen LogP contribution in [0.1, 0.15) is 19.3 Å². The lowest BCUT2D eigenvalue weighted by Gasteiger charge is -2.19. The summed E-state index contributed by atoms with van der Waals surface area (Å²) in [6.07, 6.45) is 6.21. The van der Waals surface area contributed by atoms with E-state index < -0.39 is 0 Å². The van der Waals surface area contributed by atoms with E-state index in [9.17, 15) is 9.59 Å². The average Bonchev–Trinajstić information content (AvgIpc) is 3.39. The van der Waals surface area contributed by atoms with Gasteiger partial charge in [-0.2, -0.15) is 5.10 Å². The van der Waals surface area contributed by atoms with Crippen LogP contribution in [-0.2, 0) is 9.59 Å². The molecule has 0 unspecified atom stereocenters. The Balaban J connectivity index is 1.54. The third-order valence-corrected chi connectivity index (χ3v) is 6.01. The molecule has 3 fully saturated rings. The topological polar surface area (TPSA) is 77.3 Å². The van der Waals surface area contributed by atoms with Gasteiger partial charge >= 0.3 is 0 Å². The van der Waals surface area contributed by atoms with Gasteiger partial charge < -0.3 is 4.74 Å². The Bertz CT molecular complexity index is 835. The number of imide groups is 1. The van der Waals surface area contributed by atoms with Crippen molar-refractivity contribution in [2.45, 2.75) is 19.3 Å². The SMILES string of the molecule is COc1cc(N2C(=O)[C@@H]3[C@@H]4CC[C@@H](C4)[C@@H]3C2=O)ccc1-n1cncn1. The summed E-state index contributed by atoms with van der Waals surface area (Å²) in [5.74, 6) is 0.985. The summed E-state index contributed by atoms with van der Waals surface area (Å²) in [6.45, 7) is 0. The van der Waals surface area contributed by atoms with Crippen molar-refractivity contribution in [2.75, 3.05) is 12.0 Å². The fraction of sp³-hybridized carbons (Fsp3) is 0.444. The summed E-state index contributed by atoms with van der Waals surface area (Å²) in [4.78, 5) is 31.2. The molecule has 5 rings (SSSR count). The predicted molar refractivity (Wildman–Crippen MR) is 88.2 cm³/mol. The van der Waals surface area contributed by atoms with E-state index in [1.165, 1.54) is 11.2 Å². The number of hydrogen-bond acceptors (Lipinski definition) is 5. The van der Waals surface area contributed by atoms with Crippen molar-refractivity contribution < 1.29 is 14.3 Å². The van der Waals surface area contributed by atoms with Crippen LogP contribution in [0.3, 0.4) is 0 Å². The molecule has 2 aromatic rings. The van der Waals surface area contributed by atoms with E-state index in [-0.39, 0.29) is 23.7 Å². The van der Waals surface area contributed by atoms with Crippen LogP contribution in [0.5, 0.6) is 5.75 Å². The number of nitrogens with zero attached hydrogens (tertiary/aromatic N) is 4. The Morgan fingerprint density at radius 3 is 2.44 bits per heavy atom. The summed E-state index contributed by atoms with van der Waals surface area (Å²) >= 11 is 0. The number of benzene rings is 1. The number of methoxy groups -OCH3 is 1. The lowest BCUT2D eigenvalue weighted by molar-refractivity contribution is -0.123. The first-order chi connectivity index (χ1) is 12.2. The van der Waals surface area contributed by atoms with E-state index >= 15 is 0 Å². The molecule has 2 aliphatic carbocycles. The fourth-order valence-electron chi connectivity index (χ4n) is 4.99. The van der Waals surface area contributed by atoms with Gasteiger partial charge in [-0.25, -0.2) is 14.6 Å². The molecule has 0 N–H and O–H groups in total. The van der Waals surface area contributed by atoms with Crippen molar-refractivity contribution in [3.8, 4) is 11.4 Å². The molecule has 3 aliphatic rings. The van der Waals surface area contributed by atoms with Gasteiger partial charge in [0.2, 0.25) is 11.8 Å². The first-order valence-electron chi connectivity index (χ1n) is 8.60. The van der Waals surface area contributed by atoms with Gasteiger partial charge in [-0.05, 0) is 43.2 Å². The highest BCUT2D eigenvalue weighted by Gasteiger charge is 2.61. The van der Waals surface area contributed by atoms with Gasteiger partial charge in [0.15, 0.2) is 0 Å². The number of aromatic nitrogens is 3. The molecule has 7 nitrogen and oxygen atoms in total. The first kappa shape index (κ1) is 14.6. The molecular formula is C18H18N4O3. The van der Waals surface area contributed by atoms with Gasteiger partial charge in [0, 0.05) is 6.07 Å². The third kappa shape index (κ3) is 1.92. The molecular weight excluding hydrogens is 320 g/mol. The first-order valence-corrected chi connectivity index (χ1v) is 8.60. The van der Waals surface area contributed by atoms with Crippen molar-refractivity contribution >= 4 is 17.5 Å². The van der Waals surface area contributed by atoms with E-state index in [0.29, 0.717) is 29.0 Å². The predicted octanol–water partition coefficient (Wildman–Crippen LogP) is 1.81. The summed E-state index contributed by atoms with van der Waals surface area (Å²) < 4.78 is 7.04. The molecule has 2 heterocycles. The highest BCUT2D eigenvalue weighted by molar-refractivity contribution is 6.22. The molecule has 2 bridgehead atoms. The van der Waals surface area contributed by atoms with Crippen LogP contribution in [-0.4, -0.2) is 33.7 Å². The molecule has 1 aromatic carbocycles. The smallest absolute Gasteiger partial charge is 0.237 e. The van der Waals surface area contributed by atoms with Crippen LogP contribution in [0.2, 0.25) is 0 Å². The summed E-state index contributed by atoms with van der Waals surface area (Å²) in [5, 5.41) is 4.10. The van der Waals surface area contributed by atoms with Crippen molar-refractivity contribution in [1.82, 2.24) is 14.8 Å². The maximum absolute atomic E-state index is 12.9. The zero-order valence-electron chi connectivity index (χ0n) is 13.8. The van der Waals surface area contributed by atoms with Crippen LogP contribution in [0.25, 0.3) is 5.69 Å². The van der Waals surface area contributed by atoms with Crippen LogP contribution in [0.4, 0.5) is 5.69 Å². The second-order valence-electron chi connectivity index (χ2n) is 7.09. The van der Waals surface area contributed by atoms with Crippen molar-refractivity contribution in [3.63, 3.8) is 0 Å². The minimum Gasteiger partial charge on any atom is -0.494 e. The second-order valence-corrected chi connectivity index (χ2v) is 7.09. The van der Waals surface area contributed by atoms with Crippen molar-refractivity contribution in [1.29, 1.82) is 0 Å². The maximum atomic E-state index is 12.9. The van der Waals surface area contributed by atoms with E-state index in [2.05, 4.69) is 10.1 Å². The van der Waals surface area contributed by atoms with Gasteiger partial charge in [0.25, 0.3) is 0 Å². The Morgan fingerprint density at radius 2 is 1.84 bits per heavy atom. The summed E-state index contributed by atoms with van der Waals surface area (Å²) in [6, 6.07) is 5.31. The average molecular weight is 338 g/mol. The molecule has 2 amide bonds. The number of carbonyl (C=O) groups is 2. The van der Waals surface area contributed by atoms with E-state index in [0.717, 1.165) is 19.3 Å². The molecule has 7 heteroatoms. The molecule has 128 valence electrons. The highest BCUT2D eigenvalue weighted by Crippen LogP contribution is 2.56. The lowest BCUT2D eigenvalue weighted by Crippen LogP contribution is -2.32. The van der Waals surface area contributed by atoms with Gasteiger partial charge in [-0.15, -0.1) is 0 Å². The van der Waals surface area contributed by atoms with Crippen LogP contribution < -0.4 is 9.64 Å². The minimum atomic E-state index is -0.118. The molecule has 1 aromatic heterocycles. The molecule has 0 spiro atoms. The molecule has 4 atom stereocenters. The molecule has 1 aliphatic heterocycles. The van der Waals surface area contributed by atoms with E-state index in [1.54, 1.807) is 36.3 Å². The Labute approximate surface area is 144 Å². The number of rotatable bonds is 3. The molecule has 25 heavy (non-hydrogen) atoms. The van der Waals surface area contributed by atoms with Gasteiger partial charge in [-0.3, -0.25) is 9.59 Å². The minimum absolute atomic E-state index is 0.0437. The Morgan fingerprint density at radius 1 is 1.12 bits per heavy atom. The number of anilines is 1. The zero-order valence-corrected chi connectivity index (χ0v) is 13.8. The number of fused-ring (bicyclic) bond motifs is 5. The standard InChI is InChI=1S/C18H18N4O3/c1-25-14-7-12(4-5-13(14)21-9-19-8-20-21)22-17(23)15-10-2-3-11(6-10)16(15)18(22)24/h4-5,7-11,15-16H,2-3,6H2,1H3/t10-,11+,15-,16+. The largest absolute Gasteiger partial charge is 0.494 e. The van der Waals surface area contributed by atoms with Gasteiger partial charge in [0.05, 0.1) is 24.6 Å². The number of ether oxygens (including phenoxy) is 1. The molecule has 2 saturated carbocycles. The van der Waals surface area contributed by atoms with Gasteiger partial charge in [0.1, 0.15) is 24.1 Å². The molecule has 0 radical (unpaired) electrons. The zero-order chi connectivity index (χ0) is 17.1. The number of hydrogen-bond donors (Lipinski definition) is 0.